The first-order chi connectivity index (χ1) is 10.8. The highest BCUT2D eigenvalue weighted by molar-refractivity contribution is 5.50. The van der Waals surface area contributed by atoms with Crippen LogP contribution in [0.2, 0.25) is 0 Å². The van der Waals surface area contributed by atoms with Gasteiger partial charge in [-0.05, 0) is 47.2 Å². The fraction of sp³-hybridized carbons (Fsp3) is 0.400. The first-order valence-corrected chi connectivity index (χ1v) is 7.87. The van der Waals surface area contributed by atoms with Gasteiger partial charge in [0.1, 0.15) is 23.0 Å². The molecule has 0 radical (unpaired) electrons. The first-order valence-electron chi connectivity index (χ1n) is 7.87. The van der Waals surface area contributed by atoms with Gasteiger partial charge in [-0.1, -0.05) is 41.5 Å². The standard InChI is InChI=1S/C14H22O2.C6H6O2/c1-13(2,3)9-7-12(16)10(8-11(9)15)14(4,5)6;7-5-1-2-6(8)4-3-5/h7-8,15-16H,1-6H3;1-4,7-8H. The largest absolute Gasteiger partial charge is 0.508 e. The minimum atomic E-state index is -0.169. The maximum atomic E-state index is 10.0. The molecule has 0 spiro atoms. The van der Waals surface area contributed by atoms with E-state index in [-0.39, 0.29) is 33.8 Å². The SMILES string of the molecule is CC(C)(C)c1cc(O)c(C(C)(C)C)cc1O.Oc1ccc(O)cc1. The summed E-state index contributed by atoms with van der Waals surface area (Å²) in [6.45, 7) is 12.1. The Morgan fingerprint density at radius 2 is 0.792 bits per heavy atom. The van der Waals surface area contributed by atoms with Gasteiger partial charge in [0.05, 0.1) is 0 Å². The molecular formula is C20H28O4. The van der Waals surface area contributed by atoms with Gasteiger partial charge in [0.15, 0.2) is 0 Å². The molecule has 0 bridgehead atoms. The lowest BCUT2D eigenvalue weighted by Gasteiger charge is -2.25. The van der Waals surface area contributed by atoms with Crippen LogP contribution >= 0.6 is 0 Å². The maximum Gasteiger partial charge on any atom is 0.119 e. The van der Waals surface area contributed by atoms with Crippen LogP contribution in [0, 0.1) is 0 Å². The van der Waals surface area contributed by atoms with Gasteiger partial charge >= 0.3 is 0 Å². The van der Waals surface area contributed by atoms with Crippen LogP contribution in [-0.2, 0) is 10.8 Å². The van der Waals surface area contributed by atoms with Crippen molar-refractivity contribution < 1.29 is 20.4 Å². The van der Waals surface area contributed by atoms with Crippen LogP contribution in [0.3, 0.4) is 0 Å². The summed E-state index contributed by atoms with van der Waals surface area (Å²) in [6, 6.07) is 9.06. The number of hydrogen-bond donors (Lipinski definition) is 4. The van der Waals surface area contributed by atoms with Crippen molar-refractivity contribution in [1.29, 1.82) is 0 Å². The zero-order valence-corrected chi connectivity index (χ0v) is 15.3. The number of hydrogen-bond acceptors (Lipinski definition) is 4. The smallest absolute Gasteiger partial charge is 0.119 e. The van der Waals surface area contributed by atoms with Crippen molar-refractivity contribution in [2.45, 2.75) is 52.4 Å². The summed E-state index contributed by atoms with van der Waals surface area (Å²) in [6.07, 6.45) is 0. The Kier molecular flexibility index (Phi) is 5.77. The summed E-state index contributed by atoms with van der Waals surface area (Å²) >= 11 is 0. The molecule has 2 aromatic carbocycles. The molecule has 0 heterocycles. The third kappa shape index (κ3) is 5.37. The zero-order chi connectivity index (χ0) is 18.7. The van der Waals surface area contributed by atoms with Crippen LogP contribution in [0.1, 0.15) is 52.7 Å². The highest BCUT2D eigenvalue weighted by Crippen LogP contribution is 2.39. The summed E-state index contributed by atoms with van der Waals surface area (Å²) in [5.41, 5.74) is 1.21. The van der Waals surface area contributed by atoms with E-state index in [1.807, 2.05) is 41.5 Å². The van der Waals surface area contributed by atoms with Crippen molar-refractivity contribution in [1.82, 2.24) is 0 Å². The lowest BCUT2D eigenvalue weighted by atomic mass is 9.81. The molecule has 0 aliphatic carbocycles. The van der Waals surface area contributed by atoms with E-state index in [9.17, 15) is 10.2 Å². The Labute approximate surface area is 144 Å². The fourth-order valence-electron chi connectivity index (χ4n) is 2.23. The second kappa shape index (κ2) is 7.04. The van der Waals surface area contributed by atoms with E-state index in [2.05, 4.69) is 0 Å². The molecule has 4 nitrogen and oxygen atoms in total. The van der Waals surface area contributed by atoms with Crippen LogP contribution < -0.4 is 0 Å². The van der Waals surface area contributed by atoms with E-state index >= 15 is 0 Å². The molecule has 2 aromatic rings. The minimum absolute atomic E-state index is 0.169. The van der Waals surface area contributed by atoms with Gasteiger partial charge in [0.2, 0.25) is 0 Å². The fourth-order valence-corrected chi connectivity index (χ4v) is 2.23. The highest BCUT2D eigenvalue weighted by Gasteiger charge is 2.24. The number of phenols is 4. The van der Waals surface area contributed by atoms with E-state index in [0.717, 1.165) is 11.1 Å². The zero-order valence-electron chi connectivity index (χ0n) is 15.3. The molecule has 0 atom stereocenters. The van der Waals surface area contributed by atoms with Crippen LogP contribution in [0.15, 0.2) is 36.4 Å². The summed E-state index contributed by atoms with van der Waals surface area (Å²) < 4.78 is 0. The second-order valence-corrected chi connectivity index (χ2v) is 7.90. The van der Waals surface area contributed by atoms with Crippen molar-refractivity contribution in [3.63, 3.8) is 0 Å². The number of benzene rings is 2. The summed E-state index contributed by atoms with van der Waals surface area (Å²) in [5.74, 6) is 0.857. The van der Waals surface area contributed by atoms with Gasteiger partial charge in [-0.25, -0.2) is 0 Å². The molecule has 0 aliphatic heterocycles. The molecule has 0 aromatic heterocycles. The van der Waals surface area contributed by atoms with Gasteiger partial charge in [-0.3, -0.25) is 0 Å². The molecule has 0 amide bonds. The molecule has 132 valence electrons. The topological polar surface area (TPSA) is 80.9 Å². The van der Waals surface area contributed by atoms with Gasteiger partial charge in [-0.2, -0.15) is 0 Å². The molecule has 0 unspecified atom stereocenters. The predicted molar refractivity (Wildman–Crippen MR) is 96.9 cm³/mol. The Balaban J connectivity index is 0.000000300. The quantitative estimate of drug-likeness (QED) is 0.523. The molecule has 4 heteroatoms. The molecule has 4 N–H and O–H groups in total. The minimum Gasteiger partial charge on any atom is -0.508 e. The van der Waals surface area contributed by atoms with E-state index in [1.165, 1.54) is 24.3 Å². The molecule has 0 aliphatic rings. The Bertz CT molecular complexity index is 614. The van der Waals surface area contributed by atoms with E-state index in [1.54, 1.807) is 12.1 Å². The van der Waals surface area contributed by atoms with Crippen LogP contribution in [0.25, 0.3) is 0 Å². The average molecular weight is 332 g/mol. The van der Waals surface area contributed by atoms with E-state index in [0.29, 0.717) is 0 Å². The average Bonchev–Trinajstić information content (AvgIpc) is 2.42. The predicted octanol–water partition coefficient (Wildman–Crippen LogP) is 4.79. The normalized spacial score (nSPS) is 11.6. The second-order valence-electron chi connectivity index (χ2n) is 7.90. The van der Waals surface area contributed by atoms with Gasteiger partial charge in [0.25, 0.3) is 0 Å². The van der Waals surface area contributed by atoms with Crippen LogP contribution in [0.4, 0.5) is 0 Å². The third-order valence-electron chi connectivity index (χ3n) is 3.58. The lowest BCUT2D eigenvalue weighted by Crippen LogP contribution is -2.15. The van der Waals surface area contributed by atoms with E-state index in [4.69, 9.17) is 10.2 Å². The van der Waals surface area contributed by atoms with E-state index < -0.39 is 0 Å². The molecular weight excluding hydrogens is 304 g/mol. The van der Waals surface area contributed by atoms with Crippen molar-refractivity contribution in [2.75, 3.05) is 0 Å². The van der Waals surface area contributed by atoms with Crippen LogP contribution in [-0.4, -0.2) is 20.4 Å². The monoisotopic (exact) mass is 332 g/mol. The maximum absolute atomic E-state index is 10.0. The number of phenolic OH excluding ortho intramolecular Hbond substituents is 4. The van der Waals surface area contributed by atoms with Gasteiger partial charge < -0.3 is 20.4 Å². The number of rotatable bonds is 0. The molecule has 2 rings (SSSR count). The number of aromatic hydroxyl groups is 4. The first kappa shape index (κ1) is 19.7. The summed E-state index contributed by atoms with van der Waals surface area (Å²) in [4.78, 5) is 0. The summed E-state index contributed by atoms with van der Waals surface area (Å²) in [5, 5.41) is 37.3. The molecule has 0 fully saturated rings. The molecule has 24 heavy (non-hydrogen) atoms. The Hall–Kier alpha value is -2.36. The lowest BCUT2D eigenvalue weighted by molar-refractivity contribution is 0.419. The van der Waals surface area contributed by atoms with Gasteiger partial charge in [-0.15, -0.1) is 0 Å². The summed E-state index contributed by atoms with van der Waals surface area (Å²) in [7, 11) is 0. The van der Waals surface area contributed by atoms with Crippen molar-refractivity contribution in [2.24, 2.45) is 0 Å². The molecule has 0 saturated heterocycles. The van der Waals surface area contributed by atoms with Crippen molar-refractivity contribution in [3.8, 4) is 23.0 Å². The molecule has 0 saturated carbocycles. The highest BCUT2D eigenvalue weighted by atomic mass is 16.3. The Morgan fingerprint density at radius 3 is 1.00 bits per heavy atom. The van der Waals surface area contributed by atoms with Crippen LogP contribution in [0.5, 0.6) is 23.0 Å². The van der Waals surface area contributed by atoms with Crippen molar-refractivity contribution >= 4 is 0 Å². The third-order valence-corrected chi connectivity index (χ3v) is 3.58. The van der Waals surface area contributed by atoms with Gasteiger partial charge in [0, 0.05) is 11.1 Å². The Morgan fingerprint density at radius 1 is 0.542 bits per heavy atom. The van der Waals surface area contributed by atoms with Crippen molar-refractivity contribution in [3.05, 3.63) is 47.5 Å².